The fourth-order valence-electron chi connectivity index (χ4n) is 3.04. The van der Waals surface area contributed by atoms with E-state index in [2.05, 4.69) is 15.7 Å². The maximum Gasteiger partial charge on any atom is 0.248 e. The molecule has 1 saturated heterocycles. The molecule has 0 radical (unpaired) electrons. The number of ether oxygens (including phenoxy) is 1. The number of likely N-dealkylation sites (tertiary alicyclic amines) is 1. The van der Waals surface area contributed by atoms with Gasteiger partial charge in [0.15, 0.2) is 0 Å². The number of carbonyl (C=O) groups is 1. The van der Waals surface area contributed by atoms with Crippen LogP contribution >= 0.6 is 0 Å². The van der Waals surface area contributed by atoms with Crippen molar-refractivity contribution in [3.63, 3.8) is 0 Å². The molecule has 1 saturated carbocycles. The number of hydrogen-bond donors (Lipinski definition) is 0. The topological polar surface area (TPSA) is 47.4 Å². The Morgan fingerprint density at radius 1 is 1.45 bits per heavy atom. The molecule has 1 aliphatic heterocycles. The lowest BCUT2D eigenvalue weighted by atomic mass is 9.97. The van der Waals surface area contributed by atoms with E-state index in [1.54, 1.807) is 7.11 Å². The highest BCUT2D eigenvalue weighted by Crippen LogP contribution is 2.33. The SMILES string of the molecule is COCC(=O)N1CCC[C@@H](c2nccn2CC2CC2)C1. The molecule has 0 aromatic carbocycles. The first-order valence-corrected chi connectivity index (χ1v) is 7.55. The van der Waals surface area contributed by atoms with E-state index in [-0.39, 0.29) is 12.5 Å². The average Bonchev–Trinajstić information content (AvgIpc) is 3.15. The van der Waals surface area contributed by atoms with Gasteiger partial charge in [-0.2, -0.15) is 0 Å². The highest BCUT2D eigenvalue weighted by Gasteiger charge is 2.29. The molecule has 1 aromatic heterocycles. The fraction of sp³-hybridized carbons (Fsp3) is 0.733. The van der Waals surface area contributed by atoms with E-state index in [1.807, 2.05) is 11.1 Å². The van der Waals surface area contributed by atoms with Gasteiger partial charge in [0.05, 0.1) is 0 Å². The summed E-state index contributed by atoms with van der Waals surface area (Å²) in [4.78, 5) is 18.4. The molecule has 0 N–H and O–H groups in total. The summed E-state index contributed by atoms with van der Waals surface area (Å²) in [6, 6.07) is 0. The van der Waals surface area contributed by atoms with Gasteiger partial charge in [-0.05, 0) is 31.6 Å². The van der Waals surface area contributed by atoms with Gasteiger partial charge in [0.1, 0.15) is 12.4 Å². The average molecular weight is 277 g/mol. The largest absolute Gasteiger partial charge is 0.375 e. The van der Waals surface area contributed by atoms with E-state index in [0.29, 0.717) is 5.92 Å². The lowest BCUT2D eigenvalue weighted by Crippen LogP contribution is -2.41. The third-order valence-electron chi connectivity index (χ3n) is 4.31. The Hall–Kier alpha value is -1.36. The highest BCUT2D eigenvalue weighted by molar-refractivity contribution is 5.77. The maximum atomic E-state index is 12.0. The molecule has 2 aliphatic rings. The number of methoxy groups -OCH3 is 1. The van der Waals surface area contributed by atoms with Crippen molar-refractivity contribution in [2.45, 2.75) is 38.1 Å². The minimum absolute atomic E-state index is 0.0949. The number of carbonyl (C=O) groups excluding carboxylic acids is 1. The van der Waals surface area contributed by atoms with Crippen LogP contribution in [0.5, 0.6) is 0 Å². The molecule has 1 amide bonds. The third-order valence-corrected chi connectivity index (χ3v) is 4.31. The minimum Gasteiger partial charge on any atom is -0.375 e. The molecule has 0 bridgehead atoms. The Kier molecular flexibility index (Phi) is 4.05. The summed E-state index contributed by atoms with van der Waals surface area (Å²) in [7, 11) is 1.57. The molecular formula is C15H23N3O2. The summed E-state index contributed by atoms with van der Waals surface area (Å²) in [5, 5.41) is 0. The normalized spacial score (nSPS) is 23.1. The molecule has 3 rings (SSSR count). The zero-order valence-corrected chi connectivity index (χ0v) is 12.1. The van der Waals surface area contributed by atoms with Gasteiger partial charge in [-0.25, -0.2) is 4.98 Å². The molecule has 5 nitrogen and oxygen atoms in total. The molecule has 1 aromatic rings. The van der Waals surface area contributed by atoms with Crippen LogP contribution in [0.1, 0.15) is 37.4 Å². The van der Waals surface area contributed by atoms with Crippen molar-refractivity contribution in [3.8, 4) is 0 Å². The summed E-state index contributed by atoms with van der Waals surface area (Å²) in [5.74, 6) is 2.47. The second kappa shape index (κ2) is 5.95. The molecule has 0 spiro atoms. The Morgan fingerprint density at radius 2 is 2.30 bits per heavy atom. The van der Waals surface area contributed by atoms with Crippen LogP contribution in [-0.2, 0) is 16.1 Å². The van der Waals surface area contributed by atoms with E-state index < -0.39 is 0 Å². The van der Waals surface area contributed by atoms with Gasteiger partial charge in [-0.3, -0.25) is 4.79 Å². The number of nitrogens with zero attached hydrogens (tertiary/aromatic N) is 3. The highest BCUT2D eigenvalue weighted by atomic mass is 16.5. The molecular weight excluding hydrogens is 254 g/mol. The van der Waals surface area contributed by atoms with Crippen molar-refractivity contribution in [2.75, 3.05) is 26.8 Å². The zero-order chi connectivity index (χ0) is 13.9. The number of hydrogen-bond acceptors (Lipinski definition) is 3. The molecule has 2 heterocycles. The Labute approximate surface area is 119 Å². The lowest BCUT2D eigenvalue weighted by Gasteiger charge is -2.32. The first kappa shape index (κ1) is 13.6. The van der Waals surface area contributed by atoms with Gasteiger partial charge >= 0.3 is 0 Å². The minimum atomic E-state index is 0.0949. The van der Waals surface area contributed by atoms with E-state index in [9.17, 15) is 4.79 Å². The van der Waals surface area contributed by atoms with E-state index >= 15 is 0 Å². The monoisotopic (exact) mass is 277 g/mol. The zero-order valence-electron chi connectivity index (χ0n) is 12.1. The Bertz CT molecular complexity index is 467. The van der Waals surface area contributed by atoms with Crippen molar-refractivity contribution < 1.29 is 9.53 Å². The molecule has 20 heavy (non-hydrogen) atoms. The first-order chi connectivity index (χ1) is 9.78. The van der Waals surface area contributed by atoms with Crippen LogP contribution in [0.3, 0.4) is 0 Å². The summed E-state index contributed by atoms with van der Waals surface area (Å²) >= 11 is 0. The van der Waals surface area contributed by atoms with Crippen molar-refractivity contribution >= 4 is 5.91 Å². The van der Waals surface area contributed by atoms with Crippen LogP contribution < -0.4 is 0 Å². The summed E-state index contributed by atoms with van der Waals surface area (Å²) in [5.41, 5.74) is 0. The van der Waals surface area contributed by atoms with E-state index in [4.69, 9.17) is 4.74 Å². The van der Waals surface area contributed by atoms with Gasteiger partial charge < -0.3 is 14.2 Å². The number of aromatic nitrogens is 2. The number of piperidine rings is 1. The van der Waals surface area contributed by atoms with Gasteiger partial charge in [-0.1, -0.05) is 0 Å². The molecule has 110 valence electrons. The molecule has 2 fully saturated rings. The van der Waals surface area contributed by atoms with Crippen molar-refractivity contribution in [2.24, 2.45) is 5.92 Å². The predicted octanol–water partition coefficient (Wildman–Crippen LogP) is 1.65. The Morgan fingerprint density at radius 3 is 3.05 bits per heavy atom. The smallest absolute Gasteiger partial charge is 0.248 e. The number of rotatable bonds is 5. The van der Waals surface area contributed by atoms with E-state index in [1.165, 1.54) is 12.8 Å². The predicted molar refractivity (Wildman–Crippen MR) is 75.4 cm³/mol. The van der Waals surface area contributed by atoms with Crippen molar-refractivity contribution in [1.82, 2.24) is 14.5 Å². The van der Waals surface area contributed by atoms with Crippen LogP contribution in [0.15, 0.2) is 12.4 Å². The fourth-order valence-corrected chi connectivity index (χ4v) is 3.04. The standard InChI is InChI=1S/C15H23N3O2/c1-20-11-14(19)17-7-2-3-13(10-17)15-16-6-8-18(15)9-12-4-5-12/h6,8,12-13H,2-5,7,9-11H2,1H3/t13-/m1/s1. The van der Waals surface area contributed by atoms with Gasteiger partial charge in [0, 0.05) is 45.1 Å². The molecule has 1 atom stereocenters. The third kappa shape index (κ3) is 3.03. The Balaban J connectivity index is 1.66. The summed E-state index contributed by atoms with van der Waals surface area (Å²) in [6.45, 7) is 2.91. The van der Waals surface area contributed by atoms with Crippen LogP contribution in [0.4, 0.5) is 0 Å². The van der Waals surface area contributed by atoms with Crippen LogP contribution in [0.2, 0.25) is 0 Å². The van der Waals surface area contributed by atoms with Crippen molar-refractivity contribution in [1.29, 1.82) is 0 Å². The van der Waals surface area contributed by atoms with Crippen LogP contribution in [0.25, 0.3) is 0 Å². The lowest BCUT2D eigenvalue weighted by molar-refractivity contribution is -0.136. The number of amides is 1. The van der Waals surface area contributed by atoms with Gasteiger partial charge in [-0.15, -0.1) is 0 Å². The van der Waals surface area contributed by atoms with Gasteiger partial charge in [0.2, 0.25) is 5.91 Å². The van der Waals surface area contributed by atoms with Gasteiger partial charge in [0.25, 0.3) is 0 Å². The molecule has 5 heteroatoms. The summed E-state index contributed by atoms with van der Waals surface area (Å²) < 4.78 is 7.25. The quantitative estimate of drug-likeness (QED) is 0.822. The van der Waals surface area contributed by atoms with Crippen molar-refractivity contribution in [3.05, 3.63) is 18.2 Å². The second-order valence-electron chi connectivity index (χ2n) is 5.99. The molecule has 0 unspecified atom stereocenters. The summed E-state index contributed by atoms with van der Waals surface area (Å²) in [6.07, 6.45) is 8.85. The van der Waals surface area contributed by atoms with Crippen LogP contribution in [-0.4, -0.2) is 47.2 Å². The molecule has 1 aliphatic carbocycles. The van der Waals surface area contributed by atoms with Crippen LogP contribution in [0, 0.1) is 5.92 Å². The second-order valence-corrected chi connectivity index (χ2v) is 5.99. The maximum absolute atomic E-state index is 12.0. The van der Waals surface area contributed by atoms with E-state index in [0.717, 1.165) is 44.2 Å². The first-order valence-electron chi connectivity index (χ1n) is 7.55. The number of imidazole rings is 1.